The molecular formula is C17H16N2O2S. The van der Waals surface area contributed by atoms with Crippen LogP contribution in [0, 0.1) is 13.8 Å². The number of carbonyl (C=O) groups is 1. The van der Waals surface area contributed by atoms with Crippen LogP contribution < -0.4 is 5.32 Å². The van der Waals surface area contributed by atoms with Crippen LogP contribution in [0.3, 0.4) is 0 Å². The van der Waals surface area contributed by atoms with Gasteiger partial charge in [0.05, 0.1) is 17.0 Å². The number of anilines is 1. The van der Waals surface area contributed by atoms with E-state index in [1.807, 2.05) is 55.6 Å². The van der Waals surface area contributed by atoms with Crippen molar-refractivity contribution in [1.29, 1.82) is 0 Å². The van der Waals surface area contributed by atoms with E-state index >= 15 is 0 Å². The molecule has 3 rings (SSSR count). The monoisotopic (exact) mass is 312 g/mol. The van der Waals surface area contributed by atoms with Crippen molar-refractivity contribution in [2.45, 2.75) is 20.3 Å². The molecule has 0 atom stereocenters. The summed E-state index contributed by atoms with van der Waals surface area (Å²) in [6.07, 6.45) is 0.197. The third-order valence-electron chi connectivity index (χ3n) is 3.33. The average molecular weight is 312 g/mol. The molecule has 2 aromatic heterocycles. The molecule has 1 N–H and O–H groups in total. The Kier molecular flexibility index (Phi) is 4.06. The molecule has 112 valence electrons. The molecular weight excluding hydrogens is 296 g/mol. The van der Waals surface area contributed by atoms with Gasteiger partial charge in [0.1, 0.15) is 0 Å². The van der Waals surface area contributed by atoms with E-state index in [4.69, 9.17) is 4.52 Å². The highest BCUT2D eigenvalue weighted by molar-refractivity contribution is 7.13. The number of amides is 1. The Hall–Kier alpha value is -2.40. The molecule has 0 radical (unpaired) electrons. The molecule has 0 aliphatic carbocycles. The Bertz CT molecular complexity index is 791. The third kappa shape index (κ3) is 3.26. The first-order valence-corrected chi connectivity index (χ1v) is 7.86. The molecule has 22 heavy (non-hydrogen) atoms. The summed E-state index contributed by atoms with van der Waals surface area (Å²) in [5.41, 5.74) is 3.62. The number of aromatic nitrogens is 1. The number of hydrogen-bond donors (Lipinski definition) is 1. The number of aryl methyl sites for hydroxylation is 2. The lowest BCUT2D eigenvalue weighted by Gasteiger charge is -2.08. The third-order valence-corrected chi connectivity index (χ3v) is 4.22. The van der Waals surface area contributed by atoms with Gasteiger partial charge in [-0.05, 0) is 42.5 Å². The van der Waals surface area contributed by atoms with Gasteiger partial charge in [0.15, 0.2) is 5.76 Å². The lowest BCUT2D eigenvalue weighted by Crippen LogP contribution is -2.15. The Morgan fingerprint density at radius 3 is 2.91 bits per heavy atom. The Balaban J connectivity index is 1.68. The van der Waals surface area contributed by atoms with Crippen LogP contribution in [0.2, 0.25) is 0 Å². The highest BCUT2D eigenvalue weighted by Gasteiger charge is 2.12. The van der Waals surface area contributed by atoms with Crippen molar-refractivity contribution in [3.05, 3.63) is 58.6 Å². The molecule has 1 aromatic carbocycles. The summed E-state index contributed by atoms with van der Waals surface area (Å²) in [6, 6.07) is 11.7. The number of nitrogens with one attached hydrogen (secondary N) is 1. The van der Waals surface area contributed by atoms with Gasteiger partial charge in [-0.15, -0.1) is 11.3 Å². The van der Waals surface area contributed by atoms with Crippen molar-refractivity contribution >= 4 is 22.9 Å². The summed E-state index contributed by atoms with van der Waals surface area (Å²) in [6.45, 7) is 3.97. The molecule has 0 aliphatic heterocycles. The maximum Gasteiger partial charge on any atom is 0.230 e. The van der Waals surface area contributed by atoms with Gasteiger partial charge in [0.25, 0.3) is 0 Å². The summed E-state index contributed by atoms with van der Waals surface area (Å²) < 4.78 is 5.28. The van der Waals surface area contributed by atoms with E-state index in [1.165, 1.54) is 0 Å². The molecule has 0 bridgehead atoms. The van der Waals surface area contributed by atoms with Crippen molar-refractivity contribution < 1.29 is 9.32 Å². The Morgan fingerprint density at radius 1 is 1.27 bits per heavy atom. The van der Waals surface area contributed by atoms with Crippen LogP contribution in [-0.2, 0) is 11.2 Å². The first kappa shape index (κ1) is 14.5. The largest absolute Gasteiger partial charge is 0.355 e. The lowest BCUT2D eigenvalue weighted by molar-refractivity contribution is -0.115. The van der Waals surface area contributed by atoms with Gasteiger partial charge < -0.3 is 9.84 Å². The Labute approximate surface area is 132 Å². The second kappa shape index (κ2) is 6.15. The van der Waals surface area contributed by atoms with E-state index in [1.54, 1.807) is 11.3 Å². The quantitative estimate of drug-likeness (QED) is 0.785. The van der Waals surface area contributed by atoms with E-state index in [0.29, 0.717) is 11.5 Å². The molecule has 5 heteroatoms. The van der Waals surface area contributed by atoms with E-state index < -0.39 is 0 Å². The maximum absolute atomic E-state index is 12.2. The van der Waals surface area contributed by atoms with Gasteiger partial charge in [0.2, 0.25) is 5.91 Å². The predicted molar refractivity (Wildman–Crippen MR) is 88.1 cm³/mol. The molecule has 1 amide bonds. The van der Waals surface area contributed by atoms with Crippen LogP contribution in [0.25, 0.3) is 10.6 Å². The van der Waals surface area contributed by atoms with Crippen molar-refractivity contribution in [2.24, 2.45) is 0 Å². The number of benzene rings is 1. The highest BCUT2D eigenvalue weighted by Crippen LogP contribution is 2.25. The lowest BCUT2D eigenvalue weighted by atomic mass is 10.1. The number of carbonyl (C=O) groups excluding carboxylic acids is 1. The molecule has 2 heterocycles. The summed E-state index contributed by atoms with van der Waals surface area (Å²) in [5, 5.41) is 8.87. The standard InChI is InChI=1S/C17H16N2O2S/c1-11-5-6-12(2)14(8-11)18-17(20)10-13-9-15(21-19-13)16-4-3-7-22-16/h3-9H,10H2,1-2H3,(H,18,20). The molecule has 0 fully saturated rings. The normalized spacial score (nSPS) is 10.6. The van der Waals surface area contributed by atoms with Crippen LogP contribution in [0.4, 0.5) is 5.69 Å². The van der Waals surface area contributed by atoms with E-state index in [2.05, 4.69) is 10.5 Å². The van der Waals surface area contributed by atoms with Gasteiger partial charge in [0, 0.05) is 11.8 Å². The minimum Gasteiger partial charge on any atom is -0.355 e. The van der Waals surface area contributed by atoms with Gasteiger partial charge in [-0.25, -0.2) is 0 Å². The van der Waals surface area contributed by atoms with Crippen LogP contribution in [0.5, 0.6) is 0 Å². The number of hydrogen-bond acceptors (Lipinski definition) is 4. The molecule has 0 unspecified atom stereocenters. The first-order valence-electron chi connectivity index (χ1n) is 6.98. The SMILES string of the molecule is Cc1ccc(C)c(NC(=O)Cc2cc(-c3cccs3)on2)c1. The summed E-state index contributed by atoms with van der Waals surface area (Å²) in [7, 11) is 0. The molecule has 0 saturated heterocycles. The summed E-state index contributed by atoms with van der Waals surface area (Å²) in [4.78, 5) is 13.2. The van der Waals surface area contributed by atoms with E-state index in [-0.39, 0.29) is 12.3 Å². The second-order valence-electron chi connectivity index (χ2n) is 5.20. The fraction of sp³-hybridized carbons (Fsp3) is 0.176. The molecule has 0 saturated carbocycles. The smallest absolute Gasteiger partial charge is 0.230 e. The van der Waals surface area contributed by atoms with E-state index in [9.17, 15) is 4.79 Å². The zero-order valence-corrected chi connectivity index (χ0v) is 13.2. The minimum atomic E-state index is -0.0975. The van der Waals surface area contributed by atoms with Crippen LogP contribution in [-0.4, -0.2) is 11.1 Å². The molecule has 4 nitrogen and oxygen atoms in total. The number of nitrogens with zero attached hydrogens (tertiary/aromatic N) is 1. The van der Waals surface area contributed by atoms with Crippen molar-refractivity contribution in [2.75, 3.05) is 5.32 Å². The highest BCUT2D eigenvalue weighted by atomic mass is 32.1. The summed E-state index contributed by atoms with van der Waals surface area (Å²) in [5.74, 6) is 0.601. The van der Waals surface area contributed by atoms with Crippen LogP contribution in [0.15, 0.2) is 46.3 Å². The molecule has 0 aliphatic rings. The molecule has 3 aromatic rings. The zero-order valence-electron chi connectivity index (χ0n) is 12.4. The predicted octanol–water partition coefficient (Wildman–Crippen LogP) is 4.20. The van der Waals surface area contributed by atoms with Crippen LogP contribution in [0.1, 0.15) is 16.8 Å². The zero-order chi connectivity index (χ0) is 15.5. The number of thiophene rings is 1. The van der Waals surface area contributed by atoms with Gasteiger partial charge >= 0.3 is 0 Å². The van der Waals surface area contributed by atoms with Crippen molar-refractivity contribution in [1.82, 2.24) is 5.16 Å². The van der Waals surface area contributed by atoms with Crippen molar-refractivity contribution in [3.63, 3.8) is 0 Å². The van der Waals surface area contributed by atoms with Gasteiger partial charge in [-0.2, -0.15) is 0 Å². The van der Waals surface area contributed by atoms with Crippen LogP contribution >= 0.6 is 11.3 Å². The fourth-order valence-corrected chi connectivity index (χ4v) is 2.83. The maximum atomic E-state index is 12.2. The van der Waals surface area contributed by atoms with Gasteiger partial charge in [-0.3, -0.25) is 4.79 Å². The average Bonchev–Trinajstić information content (AvgIpc) is 3.13. The summed E-state index contributed by atoms with van der Waals surface area (Å²) >= 11 is 1.58. The van der Waals surface area contributed by atoms with Gasteiger partial charge in [-0.1, -0.05) is 23.4 Å². The number of rotatable bonds is 4. The topological polar surface area (TPSA) is 55.1 Å². The first-order chi connectivity index (χ1) is 10.6. The minimum absolute atomic E-state index is 0.0975. The molecule has 0 spiro atoms. The second-order valence-corrected chi connectivity index (χ2v) is 6.15. The fourth-order valence-electron chi connectivity index (χ4n) is 2.16. The van der Waals surface area contributed by atoms with Crippen molar-refractivity contribution in [3.8, 4) is 10.6 Å². The van der Waals surface area contributed by atoms with E-state index in [0.717, 1.165) is 21.7 Å². The Morgan fingerprint density at radius 2 is 2.14 bits per heavy atom.